The van der Waals surface area contributed by atoms with E-state index >= 15 is 0 Å². The van der Waals surface area contributed by atoms with Crippen molar-refractivity contribution in [2.24, 2.45) is 0 Å². The van der Waals surface area contributed by atoms with Crippen LogP contribution >= 0.6 is 11.3 Å². The molecule has 0 fully saturated rings. The highest BCUT2D eigenvalue weighted by Gasteiger charge is 2.09. The van der Waals surface area contributed by atoms with E-state index in [1.165, 1.54) is 15.3 Å². The second-order valence-corrected chi connectivity index (χ2v) is 5.52. The minimum atomic E-state index is 0.259. The van der Waals surface area contributed by atoms with Gasteiger partial charge in [-0.25, -0.2) is 0 Å². The first kappa shape index (κ1) is 11.4. The van der Waals surface area contributed by atoms with Gasteiger partial charge in [0.1, 0.15) is 5.76 Å². The average Bonchev–Trinajstić information content (AvgIpc) is 2.84. The lowest BCUT2D eigenvalue weighted by Crippen LogP contribution is -2.17. The normalized spacial score (nSPS) is 12.9. The minimum Gasteiger partial charge on any atom is -0.468 e. The van der Waals surface area contributed by atoms with Crippen LogP contribution in [0, 0.1) is 13.8 Å². The molecule has 1 N–H and O–H groups in total. The van der Waals surface area contributed by atoms with Gasteiger partial charge in [-0.15, -0.1) is 11.3 Å². The third kappa shape index (κ3) is 2.54. The monoisotopic (exact) mass is 235 g/mol. The fourth-order valence-electron chi connectivity index (χ4n) is 1.76. The van der Waals surface area contributed by atoms with Gasteiger partial charge in [-0.2, -0.15) is 0 Å². The molecular weight excluding hydrogens is 218 g/mol. The Morgan fingerprint density at radius 3 is 2.81 bits per heavy atom. The van der Waals surface area contributed by atoms with E-state index in [1.807, 2.05) is 23.5 Å². The molecule has 0 aliphatic rings. The molecule has 0 saturated carbocycles. The zero-order valence-electron chi connectivity index (χ0n) is 9.91. The second kappa shape index (κ2) is 4.85. The summed E-state index contributed by atoms with van der Waals surface area (Å²) in [4.78, 5) is 2.77. The van der Waals surface area contributed by atoms with Crippen molar-refractivity contribution in [1.29, 1.82) is 0 Å². The smallest absolute Gasteiger partial charge is 0.120 e. The third-order valence-electron chi connectivity index (χ3n) is 2.71. The summed E-state index contributed by atoms with van der Waals surface area (Å²) in [6.45, 7) is 7.34. The van der Waals surface area contributed by atoms with Crippen LogP contribution in [0.3, 0.4) is 0 Å². The standard InChI is InChI=1S/C13H17NOS/c1-9-7-12(11(3)16-9)8-14-10(2)13-5-4-6-15-13/h4-7,10,14H,8H2,1-3H3/t10-/m1/s1. The predicted octanol–water partition coefficient (Wildman–Crippen LogP) is 3.81. The largest absolute Gasteiger partial charge is 0.468 e. The van der Waals surface area contributed by atoms with Gasteiger partial charge >= 0.3 is 0 Å². The van der Waals surface area contributed by atoms with Gasteiger partial charge in [0, 0.05) is 16.3 Å². The maximum Gasteiger partial charge on any atom is 0.120 e. The molecule has 0 spiro atoms. The topological polar surface area (TPSA) is 25.2 Å². The molecule has 16 heavy (non-hydrogen) atoms. The maximum absolute atomic E-state index is 5.36. The summed E-state index contributed by atoms with van der Waals surface area (Å²) in [5.41, 5.74) is 1.39. The molecule has 0 aromatic carbocycles. The summed E-state index contributed by atoms with van der Waals surface area (Å²) >= 11 is 1.85. The number of nitrogens with one attached hydrogen (secondary N) is 1. The van der Waals surface area contributed by atoms with Crippen LogP contribution in [-0.2, 0) is 6.54 Å². The molecule has 0 aliphatic heterocycles. The zero-order chi connectivity index (χ0) is 11.5. The van der Waals surface area contributed by atoms with Crippen molar-refractivity contribution in [3.8, 4) is 0 Å². The molecule has 2 rings (SSSR count). The van der Waals surface area contributed by atoms with E-state index in [9.17, 15) is 0 Å². The van der Waals surface area contributed by atoms with Crippen LogP contribution in [-0.4, -0.2) is 0 Å². The molecular formula is C13H17NOS. The Kier molecular flexibility index (Phi) is 3.46. The molecule has 2 aromatic heterocycles. The summed E-state index contributed by atoms with van der Waals surface area (Å²) in [6.07, 6.45) is 1.72. The van der Waals surface area contributed by atoms with E-state index in [4.69, 9.17) is 4.42 Å². The van der Waals surface area contributed by atoms with E-state index in [-0.39, 0.29) is 6.04 Å². The first-order chi connectivity index (χ1) is 7.66. The molecule has 2 heterocycles. The minimum absolute atomic E-state index is 0.259. The van der Waals surface area contributed by atoms with Crippen LogP contribution in [0.1, 0.15) is 34.0 Å². The van der Waals surface area contributed by atoms with Crippen molar-refractivity contribution in [2.45, 2.75) is 33.4 Å². The van der Waals surface area contributed by atoms with Gasteiger partial charge < -0.3 is 9.73 Å². The van der Waals surface area contributed by atoms with Gasteiger partial charge in [0.25, 0.3) is 0 Å². The van der Waals surface area contributed by atoms with Crippen molar-refractivity contribution in [1.82, 2.24) is 5.32 Å². The summed E-state index contributed by atoms with van der Waals surface area (Å²) in [7, 11) is 0. The molecule has 0 bridgehead atoms. The van der Waals surface area contributed by atoms with Crippen molar-refractivity contribution in [3.05, 3.63) is 45.5 Å². The SMILES string of the molecule is Cc1cc(CN[C@H](C)c2ccco2)c(C)s1. The van der Waals surface area contributed by atoms with Gasteiger partial charge in [0.15, 0.2) is 0 Å². The summed E-state index contributed by atoms with van der Waals surface area (Å²) in [5.74, 6) is 0.990. The molecule has 2 aromatic rings. The molecule has 0 radical (unpaired) electrons. The Morgan fingerprint density at radius 1 is 1.44 bits per heavy atom. The summed E-state index contributed by atoms with van der Waals surface area (Å²) in [5, 5.41) is 3.47. The van der Waals surface area contributed by atoms with Crippen molar-refractivity contribution >= 4 is 11.3 Å². The fraction of sp³-hybridized carbons (Fsp3) is 0.385. The number of rotatable bonds is 4. The van der Waals surface area contributed by atoms with Crippen molar-refractivity contribution < 1.29 is 4.42 Å². The molecule has 1 atom stereocenters. The number of thiophene rings is 1. The molecule has 2 nitrogen and oxygen atoms in total. The van der Waals surface area contributed by atoms with Gasteiger partial charge in [-0.1, -0.05) is 0 Å². The summed E-state index contributed by atoms with van der Waals surface area (Å²) in [6, 6.07) is 6.44. The molecule has 0 saturated heterocycles. The quantitative estimate of drug-likeness (QED) is 0.871. The lowest BCUT2D eigenvalue weighted by atomic mass is 10.2. The molecule has 0 unspecified atom stereocenters. The fourth-order valence-corrected chi connectivity index (χ4v) is 2.71. The Morgan fingerprint density at radius 2 is 2.25 bits per heavy atom. The number of aryl methyl sites for hydroxylation is 2. The van der Waals surface area contributed by atoms with Gasteiger partial charge in [-0.3, -0.25) is 0 Å². The Labute approximate surface area is 100 Å². The van der Waals surface area contributed by atoms with Gasteiger partial charge in [-0.05, 0) is 44.5 Å². The molecule has 0 aliphatic carbocycles. The van der Waals surface area contributed by atoms with E-state index in [1.54, 1.807) is 6.26 Å². The number of furan rings is 1. The second-order valence-electron chi connectivity index (χ2n) is 4.06. The Bertz CT molecular complexity index is 444. The number of hydrogen-bond donors (Lipinski definition) is 1. The molecule has 0 amide bonds. The predicted molar refractivity (Wildman–Crippen MR) is 67.8 cm³/mol. The van der Waals surface area contributed by atoms with Crippen molar-refractivity contribution in [2.75, 3.05) is 0 Å². The maximum atomic E-state index is 5.36. The lowest BCUT2D eigenvalue weighted by molar-refractivity contribution is 0.430. The van der Waals surface area contributed by atoms with E-state index in [0.717, 1.165) is 12.3 Å². The van der Waals surface area contributed by atoms with Crippen LogP contribution in [0.5, 0.6) is 0 Å². The first-order valence-corrected chi connectivity index (χ1v) is 6.31. The average molecular weight is 235 g/mol. The van der Waals surface area contributed by atoms with E-state index in [0.29, 0.717) is 0 Å². The van der Waals surface area contributed by atoms with E-state index in [2.05, 4.69) is 32.2 Å². The molecule has 86 valence electrons. The highest BCUT2D eigenvalue weighted by atomic mass is 32.1. The van der Waals surface area contributed by atoms with Crippen LogP contribution in [0.4, 0.5) is 0 Å². The van der Waals surface area contributed by atoms with Gasteiger partial charge in [0.2, 0.25) is 0 Å². The highest BCUT2D eigenvalue weighted by molar-refractivity contribution is 7.12. The highest BCUT2D eigenvalue weighted by Crippen LogP contribution is 2.21. The third-order valence-corrected chi connectivity index (χ3v) is 3.72. The van der Waals surface area contributed by atoms with Gasteiger partial charge in [0.05, 0.1) is 12.3 Å². The zero-order valence-corrected chi connectivity index (χ0v) is 10.7. The first-order valence-electron chi connectivity index (χ1n) is 5.49. The lowest BCUT2D eigenvalue weighted by Gasteiger charge is -2.10. The Hall–Kier alpha value is -1.06. The van der Waals surface area contributed by atoms with Crippen LogP contribution in [0.2, 0.25) is 0 Å². The van der Waals surface area contributed by atoms with Crippen LogP contribution < -0.4 is 5.32 Å². The molecule has 3 heteroatoms. The Balaban J connectivity index is 1.95. The number of hydrogen-bond acceptors (Lipinski definition) is 3. The van der Waals surface area contributed by atoms with Crippen LogP contribution in [0.15, 0.2) is 28.9 Å². The van der Waals surface area contributed by atoms with E-state index < -0.39 is 0 Å². The van der Waals surface area contributed by atoms with Crippen LogP contribution in [0.25, 0.3) is 0 Å². The van der Waals surface area contributed by atoms with Crippen molar-refractivity contribution in [3.63, 3.8) is 0 Å². The summed E-state index contributed by atoms with van der Waals surface area (Å²) < 4.78 is 5.36.